The van der Waals surface area contributed by atoms with E-state index < -0.39 is 0 Å². The SMILES string of the molecule is CC.Cc1ccc2c(c1)OC(c1ccccc1)n1c-2cc2cc(C)ccc21. The fourth-order valence-electron chi connectivity index (χ4n) is 3.76. The molecule has 2 heteroatoms. The molecule has 0 saturated heterocycles. The molecule has 0 spiro atoms. The molecule has 0 bridgehead atoms. The fourth-order valence-corrected chi connectivity index (χ4v) is 3.76. The first-order valence-corrected chi connectivity index (χ1v) is 9.65. The Morgan fingerprint density at radius 3 is 2.26 bits per heavy atom. The molecule has 1 atom stereocenters. The molecule has 0 aliphatic carbocycles. The number of aromatic nitrogens is 1. The Kier molecular flexibility index (Phi) is 4.49. The highest BCUT2D eigenvalue weighted by molar-refractivity contribution is 5.89. The standard InChI is InChI=1S/C23H19NO.C2H6/c1-15-9-11-20-18(12-15)14-21-19-10-8-16(2)13-22(19)25-23(24(20)21)17-6-4-3-5-7-17;1-2/h3-14,23H,1-2H3;1-2H3. The zero-order chi connectivity index (χ0) is 19.0. The molecule has 2 heterocycles. The highest BCUT2D eigenvalue weighted by Gasteiger charge is 2.28. The van der Waals surface area contributed by atoms with Crippen LogP contribution in [0.1, 0.15) is 36.8 Å². The summed E-state index contributed by atoms with van der Waals surface area (Å²) in [6, 6.07) is 25.8. The minimum Gasteiger partial charge on any atom is -0.465 e. The van der Waals surface area contributed by atoms with Crippen LogP contribution in [0.5, 0.6) is 5.75 Å². The van der Waals surface area contributed by atoms with Crippen molar-refractivity contribution in [3.05, 3.63) is 89.5 Å². The molecule has 0 radical (unpaired) electrons. The van der Waals surface area contributed by atoms with Crippen molar-refractivity contribution in [1.29, 1.82) is 0 Å². The van der Waals surface area contributed by atoms with Crippen molar-refractivity contribution < 1.29 is 4.74 Å². The van der Waals surface area contributed by atoms with E-state index in [9.17, 15) is 0 Å². The molecule has 1 aliphatic rings. The number of aryl methyl sites for hydroxylation is 2. The van der Waals surface area contributed by atoms with Crippen LogP contribution in [0.15, 0.2) is 72.8 Å². The maximum atomic E-state index is 6.48. The van der Waals surface area contributed by atoms with Crippen molar-refractivity contribution in [3.63, 3.8) is 0 Å². The topological polar surface area (TPSA) is 14.2 Å². The minimum atomic E-state index is -0.147. The van der Waals surface area contributed by atoms with E-state index in [2.05, 4.69) is 85.1 Å². The third-order valence-corrected chi connectivity index (χ3v) is 4.97. The van der Waals surface area contributed by atoms with Crippen LogP contribution >= 0.6 is 0 Å². The molecule has 0 saturated carbocycles. The second kappa shape index (κ2) is 6.96. The van der Waals surface area contributed by atoms with Crippen LogP contribution in [-0.4, -0.2) is 4.57 Å². The number of benzene rings is 3. The van der Waals surface area contributed by atoms with E-state index in [0.29, 0.717) is 0 Å². The molecule has 4 aromatic rings. The largest absolute Gasteiger partial charge is 0.465 e. The molecule has 1 unspecified atom stereocenters. The van der Waals surface area contributed by atoms with Gasteiger partial charge in [-0.1, -0.05) is 61.9 Å². The van der Waals surface area contributed by atoms with Crippen LogP contribution in [0.2, 0.25) is 0 Å². The predicted octanol–water partition coefficient (Wildman–Crippen LogP) is 6.89. The van der Waals surface area contributed by atoms with Crippen molar-refractivity contribution in [1.82, 2.24) is 4.57 Å². The van der Waals surface area contributed by atoms with Gasteiger partial charge in [-0.05, 0) is 49.7 Å². The third kappa shape index (κ3) is 2.91. The van der Waals surface area contributed by atoms with Crippen molar-refractivity contribution >= 4 is 10.9 Å². The van der Waals surface area contributed by atoms with E-state index in [1.807, 2.05) is 19.9 Å². The lowest BCUT2D eigenvalue weighted by atomic mass is 10.1. The molecular formula is C25H25NO. The Balaban J connectivity index is 0.000000872. The maximum Gasteiger partial charge on any atom is 0.203 e. The van der Waals surface area contributed by atoms with Crippen LogP contribution in [0.3, 0.4) is 0 Å². The van der Waals surface area contributed by atoms with Gasteiger partial charge in [-0.3, -0.25) is 0 Å². The number of nitrogens with zero attached hydrogens (tertiary/aromatic N) is 1. The zero-order valence-corrected chi connectivity index (χ0v) is 16.4. The number of hydrogen-bond acceptors (Lipinski definition) is 1. The summed E-state index contributed by atoms with van der Waals surface area (Å²) in [6.45, 7) is 8.24. The highest BCUT2D eigenvalue weighted by Crippen LogP contribution is 2.44. The summed E-state index contributed by atoms with van der Waals surface area (Å²) in [4.78, 5) is 0. The summed E-state index contributed by atoms with van der Waals surface area (Å²) in [5.74, 6) is 0.959. The third-order valence-electron chi connectivity index (χ3n) is 4.97. The Morgan fingerprint density at radius 2 is 1.48 bits per heavy atom. The van der Waals surface area contributed by atoms with Gasteiger partial charge in [-0.15, -0.1) is 0 Å². The van der Waals surface area contributed by atoms with Crippen molar-refractivity contribution in [3.8, 4) is 17.0 Å². The molecule has 136 valence electrons. The first-order chi connectivity index (χ1) is 13.2. The average Bonchev–Trinajstić information content (AvgIpc) is 3.08. The van der Waals surface area contributed by atoms with Crippen LogP contribution in [0.4, 0.5) is 0 Å². The molecule has 5 rings (SSSR count). The Bertz CT molecular complexity index is 1090. The van der Waals surface area contributed by atoms with Crippen LogP contribution < -0.4 is 4.74 Å². The molecule has 0 amide bonds. The second-order valence-electron chi connectivity index (χ2n) is 6.84. The average molecular weight is 355 g/mol. The van der Waals surface area contributed by atoms with Gasteiger partial charge in [0.2, 0.25) is 6.23 Å². The Morgan fingerprint density at radius 1 is 0.778 bits per heavy atom. The van der Waals surface area contributed by atoms with E-state index in [4.69, 9.17) is 4.74 Å². The van der Waals surface area contributed by atoms with Crippen LogP contribution in [0.25, 0.3) is 22.2 Å². The van der Waals surface area contributed by atoms with Crippen molar-refractivity contribution in [2.45, 2.75) is 33.9 Å². The van der Waals surface area contributed by atoms with E-state index in [1.54, 1.807) is 0 Å². The molecule has 1 aliphatic heterocycles. The van der Waals surface area contributed by atoms with E-state index in [-0.39, 0.29) is 6.23 Å². The summed E-state index contributed by atoms with van der Waals surface area (Å²) in [5, 5.41) is 1.26. The molecule has 2 nitrogen and oxygen atoms in total. The second-order valence-corrected chi connectivity index (χ2v) is 6.84. The van der Waals surface area contributed by atoms with Crippen LogP contribution in [0, 0.1) is 13.8 Å². The molecule has 27 heavy (non-hydrogen) atoms. The van der Waals surface area contributed by atoms with Crippen molar-refractivity contribution in [2.75, 3.05) is 0 Å². The smallest absolute Gasteiger partial charge is 0.203 e. The van der Waals surface area contributed by atoms with Gasteiger partial charge in [0.05, 0.1) is 11.2 Å². The molecule has 0 N–H and O–H groups in total. The van der Waals surface area contributed by atoms with Gasteiger partial charge >= 0.3 is 0 Å². The van der Waals surface area contributed by atoms with Crippen molar-refractivity contribution in [2.24, 2.45) is 0 Å². The predicted molar refractivity (Wildman–Crippen MR) is 113 cm³/mol. The molecule has 3 aromatic carbocycles. The van der Waals surface area contributed by atoms with Crippen LogP contribution in [-0.2, 0) is 0 Å². The first kappa shape index (κ1) is 17.4. The Hall–Kier alpha value is -3.00. The lowest BCUT2D eigenvalue weighted by molar-refractivity contribution is 0.173. The number of fused-ring (bicyclic) bond motifs is 5. The van der Waals surface area contributed by atoms with Gasteiger partial charge in [0.25, 0.3) is 0 Å². The van der Waals surface area contributed by atoms with E-state index in [0.717, 1.165) is 16.9 Å². The van der Waals surface area contributed by atoms with Gasteiger partial charge in [0.15, 0.2) is 0 Å². The number of hydrogen-bond donors (Lipinski definition) is 0. The lowest BCUT2D eigenvalue weighted by Gasteiger charge is -2.30. The quantitative estimate of drug-likeness (QED) is 0.362. The number of ether oxygens (including phenoxy) is 1. The van der Waals surface area contributed by atoms with Gasteiger partial charge in [0, 0.05) is 16.5 Å². The summed E-state index contributed by atoms with van der Waals surface area (Å²) in [5.41, 5.74) is 7.24. The van der Waals surface area contributed by atoms with Gasteiger partial charge in [0.1, 0.15) is 5.75 Å². The van der Waals surface area contributed by atoms with E-state index in [1.165, 1.54) is 27.7 Å². The first-order valence-electron chi connectivity index (χ1n) is 9.65. The summed E-state index contributed by atoms with van der Waals surface area (Å²) < 4.78 is 8.81. The highest BCUT2D eigenvalue weighted by atomic mass is 16.5. The molecule has 0 fully saturated rings. The minimum absolute atomic E-state index is 0.147. The maximum absolute atomic E-state index is 6.48. The van der Waals surface area contributed by atoms with Gasteiger partial charge < -0.3 is 9.30 Å². The summed E-state index contributed by atoms with van der Waals surface area (Å²) in [6.07, 6.45) is -0.147. The molecule has 1 aromatic heterocycles. The monoisotopic (exact) mass is 355 g/mol. The molecular weight excluding hydrogens is 330 g/mol. The fraction of sp³-hybridized carbons (Fsp3) is 0.200. The number of rotatable bonds is 1. The van der Waals surface area contributed by atoms with Gasteiger partial charge in [-0.2, -0.15) is 0 Å². The van der Waals surface area contributed by atoms with Gasteiger partial charge in [-0.25, -0.2) is 0 Å². The zero-order valence-electron chi connectivity index (χ0n) is 16.4. The Labute approximate surface area is 161 Å². The lowest BCUT2D eigenvalue weighted by Crippen LogP contribution is -2.22. The summed E-state index contributed by atoms with van der Waals surface area (Å²) in [7, 11) is 0. The summed E-state index contributed by atoms with van der Waals surface area (Å²) >= 11 is 0. The normalized spacial score (nSPS) is 14.6. The van der Waals surface area contributed by atoms with E-state index >= 15 is 0 Å².